The quantitative estimate of drug-likeness (QED) is 0.440. The van der Waals surface area contributed by atoms with Gasteiger partial charge in [0.2, 0.25) is 5.91 Å². The summed E-state index contributed by atoms with van der Waals surface area (Å²) in [5.74, 6) is 1.83. The number of hydrogen-bond acceptors (Lipinski definition) is 7. The van der Waals surface area contributed by atoms with E-state index in [1.807, 2.05) is 25.1 Å². The van der Waals surface area contributed by atoms with Crippen molar-refractivity contribution in [2.45, 2.75) is 5.75 Å². The predicted molar refractivity (Wildman–Crippen MR) is 98.0 cm³/mol. The number of non-ortho nitro benzene ring substituents is 1. The highest BCUT2D eigenvalue weighted by Crippen LogP contribution is 2.16. The van der Waals surface area contributed by atoms with E-state index in [0.717, 1.165) is 5.56 Å². The number of anilines is 1. The summed E-state index contributed by atoms with van der Waals surface area (Å²) in [6.45, 7) is 0. The average molecular weight is 362 g/mol. The fraction of sp³-hybridized carbons (Fsp3) is 0.250. The van der Waals surface area contributed by atoms with Crippen LogP contribution in [-0.2, 0) is 10.5 Å². The fourth-order valence-electron chi connectivity index (χ4n) is 1.83. The van der Waals surface area contributed by atoms with Crippen molar-refractivity contribution in [2.24, 2.45) is 5.10 Å². The fourth-order valence-corrected chi connectivity index (χ4v) is 2.61. The molecular formula is C16H18N4O4S. The van der Waals surface area contributed by atoms with Crippen molar-refractivity contribution >= 4 is 35.5 Å². The lowest BCUT2D eigenvalue weighted by molar-refractivity contribution is -0.384. The minimum Gasteiger partial charge on any atom is -0.440 e. The highest BCUT2D eigenvalue weighted by Gasteiger charge is 2.05. The van der Waals surface area contributed by atoms with Gasteiger partial charge in [-0.3, -0.25) is 14.9 Å². The van der Waals surface area contributed by atoms with Crippen LogP contribution in [0.2, 0.25) is 0 Å². The molecule has 25 heavy (non-hydrogen) atoms. The highest BCUT2D eigenvalue weighted by molar-refractivity contribution is 7.99. The first-order chi connectivity index (χ1) is 12.0. The van der Waals surface area contributed by atoms with E-state index in [-0.39, 0.29) is 17.3 Å². The van der Waals surface area contributed by atoms with E-state index in [1.165, 1.54) is 30.1 Å². The second kappa shape index (κ2) is 8.88. The van der Waals surface area contributed by atoms with E-state index in [1.54, 1.807) is 18.2 Å². The third-order valence-electron chi connectivity index (χ3n) is 3.08. The van der Waals surface area contributed by atoms with Crippen molar-refractivity contribution in [2.75, 3.05) is 24.7 Å². The molecule has 132 valence electrons. The maximum Gasteiger partial charge on any atom is 0.269 e. The third kappa shape index (κ3) is 5.96. The lowest BCUT2D eigenvalue weighted by Crippen LogP contribution is -2.19. The van der Waals surface area contributed by atoms with E-state index in [2.05, 4.69) is 10.5 Å². The number of hydrogen-bond donors (Lipinski definition) is 1. The van der Waals surface area contributed by atoms with Crippen molar-refractivity contribution in [3.05, 3.63) is 57.8 Å². The summed E-state index contributed by atoms with van der Waals surface area (Å²) in [6, 6.07) is 9.83. The molecule has 0 saturated carbocycles. The molecule has 1 heterocycles. The Hall–Kier alpha value is -2.81. The molecule has 9 heteroatoms. The predicted octanol–water partition coefficient (Wildman–Crippen LogP) is 2.64. The van der Waals surface area contributed by atoms with E-state index in [0.29, 0.717) is 17.4 Å². The molecular weight excluding hydrogens is 344 g/mol. The van der Waals surface area contributed by atoms with E-state index in [9.17, 15) is 14.9 Å². The van der Waals surface area contributed by atoms with E-state index >= 15 is 0 Å². The molecule has 0 spiro atoms. The smallest absolute Gasteiger partial charge is 0.269 e. The van der Waals surface area contributed by atoms with Gasteiger partial charge in [0.1, 0.15) is 5.76 Å². The molecule has 2 rings (SSSR count). The van der Waals surface area contributed by atoms with Crippen LogP contribution in [0.3, 0.4) is 0 Å². The van der Waals surface area contributed by atoms with Gasteiger partial charge < -0.3 is 9.32 Å². The molecule has 0 atom stereocenters. The number of hydrazone groups is 1. The van der Waals surface area contributed by atoms with Gasteiger partial charge in [0.05, 0.1) is 16.9 Å². The third-order valence-corrected chi connectivity index (χ3v) is 4.09. The number of carbonyl (C=O) groups is 1. The Morgan fingerprint density at radius 1 is 1.32 bits per heavy atom. The maximum atomic E-state index is 11.7. The largest absolute Gasteiger partial charge is 0.440 e. The highest BCUT2D eigenvalue weighted by atomic mass is 32.2. The summed E-state index contributed by atoms with van der Waals surface area (Å²) >= 11 is 1.40. The Kier molecular flexibility index (Phi) is 6.58. The zero-order chi connectivity index (χ0) is 18.2. The molecule has 0 bridgehead atoms. The lowest BCUT2D eigenvalue weighted by atomic mass is 10.2. The van der Waals surface area contributed by atoms with Crippen LogP contribution in [0.4, 0.5) is 11.6 Å². The maximum absolute atomic E-state index is 11.7. The molecule has 1 aromatic heterocycles. The number of benzene rings is 1. The normalized spacial score (nSPS) is 10.8. The van der Waals surface area contributed by atoms with Gasteiger partial charge in [-0.25, -0.2) is 5.43 Å². The van der Waals surface area contributed by atoms with Crippen LogP contribution in [-0.4, -0.2) is 36.9 Å². The van der Waals surface area contributed by atoms with Crippen LogP contribution in [0.5, 0.6) is 0 Å². The van der Waals surface area contributed by atoms with Crippen molar-refractivity contribution < 1.29 is 14.1 Å². The number of furan rings is 1. The number of thioether (sulfide) groups is 1. The van der Waals surface area contributed by atoms with Gasteiger partial charge in [-0.05, 0) is 11.6 Å². The molecule has 1 N–H and O–H groups in total. The lowest BCUT2D eigenvalue weighted by Gasteiger charge is -2.05. The first kappa shape index (κ1) is 18.5. The number of amides is 1. The number of carbonyl (C=O) groups excluding carboxylic acids is 1. The molecule has 0 aliphatic heterocycles. The minimum atomic E-state index is -0.442. The van der Waals surface area contributed by atoms with Crippen LogP contribution >= 0.6 is 11.8 Å². The number of nitrogens with zero attached hydrogens (tertiary/aromatic N) is 3. The SMILES string of the molecule is CN(C)c1ccc(/C=N\NC(=O)CSCc2ccc([N+](=O)[O-])cc2)o1. The van der Waals surface area contributed by atoms with Crippen LogP contribution < -0.4 is 10.3 Å². The number of rotatable bonds is 8. The van der Waals surface area contributed by atoms with Crippen molar-refractivity contribution in [3.63, 3.8) is 0 Å². The second-order valence-electron chi connectivity index (χ2n) is 5.28. The van der Waals surface area contributed by atoms with E-state index < -0.39 is 4.92 Å². The summed E-state index contributed by atoms with van der Waals surface area (Å²) < 4.78 is 5.46. The standard InChI is InChI=1S/C16H18N4O4S/c1-19(2)16-8-7-14(24-16)9-17-18-15(21)11-25-10-12-3-5-13(6-4-12)20(22)23/h3-9H,10-11H2,1-2H3,(H,18,21)/b17-9-. The molecule has 2 aromatic rings. The summed E-state index contributed by atoms with van der Waals surface area (Å²) in [4.78, 5) is 23.7. The van der Waals surface area contributed by atoms with Gasteiger partial charge in [0, 0.05) is 38.0 Å². The monoisotopic (exact) mass is 362 g/mol. The Morgan fingerprint density at radius 3 is 2.64 bits per heavy atom. The number of nitro groups is 1. The molecule has 0 aliphatic rings. The molecule has 0 fully saturated rings. The molecule has 1 aromatic carbocycles. The van der Waals surface area contributed by atoms with Gasteiger partial charge >= 0.3 is 0 Å². The van der Waals surface area contributed by atoms with E-state index in [4.69, 9.17) is 4.42 Å². The first-order valence-corrected chi connectivity index (χ1v) is 8.51. The van der Waals surface area contributed by atoms with Crippen LogP contribution in [0.15, 0.2) is 45.9 Å². The zero-order valence-electron chi connectivity index (χ0n) is 13.8. The van der Waals surface area contributed by atoms with Crippen molar-refractivity contribution in [3.8, 4) is 0 Å². The topological polar surface area (TPSA) is 101 Å². The van der Waals surface area contributed by atoms with Gasteiger partial charge in [-0.1, -0.05) is 12.1 Å². The molecule has 1 amide bonds. The second-order valence-corrected chi connectivity index (χ2v) is 6.27. The average Bonchev–Trinajstić information content (AvgIpc) is 3.04. The molecule has 0 unspecified atom stereocenters. The summed E-state index contributed by atoms with van der Waals surface area (Å²) in [7, 11) is 3.73. The summed E-state index contributed by atoms with van der Waals surface area (Å²) in [5.41, 5.74) is 3.39. The van der Waals surface area contributed by atoms with Gasteiger partial charge in [0.25, 0.3) is 5.69 Å². The number of nitrogens with one attached hydrogen (secondary N) is 1. The Bertz CT molecular complexity index is 756. The summed E-state index contributed by atoms with van der Waals surface area (Å²) in [6.07, 6.45) is 1.44. The van der Waals surface area contributed by atoms with Crippen LogP contribution in [0, 0.1) is 10.1 Å². The number of nitro benzene ring substituents is 1. The Morgan fingerprint density at radius 2 is 2.04 bits per heavy atom. The van der Waals surface area contributed by atoms with Crippen molar-refractivity contribution in [1.82, 2.24) is 5.43 Å². The molecule has 8 nitrogen and oxygen atoms in total. The van der Waals surface area contributed by atoms with Gasteiger partial charge in [0.15, 0.2) is 5.88 Å². The molecule has 0 aliphatic carbocycles. The van der Waals surface area contributed by atoms with Crippen LogP contribution in [0.1, 0.15) is 11.3 Å². The van der Waals surface area contributed by atoms with Gasteiger partial charge in [-0.2, -0.15) is 5.10 Å². The molecule has 0 radical (unpaired) electrons. The van der Waals surface area contributed by atoms with Crippen LogP contribution in [0.25, 0.3) is 0 Å². The van der Waals surface area contributed by atoms with Crippen molar-refractivity contribution in [1.29, 1.82) is 0 Å². The Balaban J connectivity index is 1.71. The zero-order valence-corrected chi connectivity index (χ0v) is 14.7. The minimum absolute atomic E-state index is 0.0520. The van der Waals surface area contributed by atoms with Gasteiger partial charge in [-0.15, -0.1) is 11.8 Å². The molecule has 0 saturated heterocycles. The first-order valence-electron chi connectivity index (χ1n) is 7.36. The Labute approximate surface area is 149 Å². The summed E-state index contributed by atoms with van der Waals surface area (Å²) in [5, 5.41) is 14.4.